The van der Waals surface area contributed by atoms with E-state index in [4.69, 9.17) is 10.8 Å². The number of aromatic nitrogens is 3. The van der Waals surface area contributed by atoms with Crippen molar-refractivity contribution in [3.05, 3.63) is 54.2 Å². The molecule has 0 aliphatic carbocycles. The number of nitrogens with one attached hydrogen (secondary N) is 5. The third-order valence-corrected chi connectivity index (χ3v) is 5.30. The second-order valence-corrected chi connectivity index (χ2v) is 7.87. The summed E-state index contributed by atoms with van der Waals surface area (Å²) in [5.74, 6) is -3.47. The monoisotopic (exact) mass is 485 g/mol. The predicted octanol–water partition coefficient (Wildman–Crippen LogP) is -1.83. The van der Waals surface area contributed by atoms with Gasteiger partial charge in [-0.05, 0) is 11.6 Å². The molecule has 0 fully saturated rings. The van der Waals surface area contributed by atoms with Crippen molar-refractivity contribution in [2.45, 2.75) is 31.0 Å². The van der Waals surface area contributed by atoms with Crippen LogP contribution < -0.4 is 21.7 Å². The molecule has 9 N–H and O–H groups in total. The molecule has 13 nitrogen and oxygen atoms in total. The summed E-state index contributed by atoms with van der Waals surface area (Å²) < 4.78 is 0. The van der Waals surface area contributed by atoms with Gasteiger partial charge in [-0.1, -0.05) is 18.2 Å². The number of hydrogen-bond donors (Lipinski definition) is 8. The van der Waals surface area contributed by atoms with Crippen molar-refractivity contribution >= 4 is 34.6 Å². The lowest BCUT2D eigenvalue weighted by atomic mass is 10.0. The number of carbonyl (C=O) groups is 4. The molecule has 2 heterocycles. The summed E-state index contributed by atoms with van der Waals surface area (Å²) >= 11 is 0. The maximum Gasteiger partial charge on any atom is 0.328 e. The zero-order valence-corrected chi connectivity index (χ0v) is 18.7. The Hall–Kier alpha value is -4.23. The minimum atomic E-state index is -1.54. The zero-order valence-electron chi connectivity index (χ0n) is 18.7. The first-order valence-corrected chi connectivity index (χ1v) is 10.8. The number of carbonyl (C=O) groups excluding carboxylic acids is 3. The highest BCUT2D eigenvalue weighted by atomic mass is 16.4. The van der Waals surface area contributed by atoms with Gasteiger partial charge >= 0.3 is 5.97 Å². The first-order chi connectivity index (χ1) is 16.8. The van der Waals surface area contributed by atoms with E-state index in [1.807, 2.05) is 24.3 Å². The summed E-state index contributed by atoms with van der Waals surface area (Å²) in [6.07, 6.45) is 4.90. The van der Waals surface area contributed by atoms with Crippen molar-refractivity contribution in [3.63, 3.8) is 0 Å². The molecule has 1 aromatic carbocycles. The van der Waals surface area contributed by atoms with E-state index in [0.717, 1.165) is 10.9 Å². The third-order valence-electron chi connectivity index (χ3n) is 5.30. The van der Waals surface area contributed by atoms with Crippen LogP contribution in [0.2, 0.25) is 0 Å². The molecule has 0 bridgehead atoms. The van der Waals surface area contributed by atoms with E-state index in [9.17, 15) is 24.3 Å². The Kier molecular flexibility index (Phi) is 8.53. The number of fused-ring (bicyclic) bond motifs is 1. The minimum absolute atomic E-state index is 0.0344. The van der Waals surface area contributed by atoms with Crippen LogP contribution in [-0.4, -0.2) is 80.1 Å². The van der Waals surface area contributed by atoms with Crippen molar-refractivity contribution < 1.29 is 29.4 Å². The molecule has 3 amide bonds. The van der Waals surface area contributed by atoms with Gasteiger partial charge in [0.25, 0.3) is 0 Å². The lowest BCUT2D eigenvalue weighted by molar-refractivity contribution is -0.143. The Balaban J connectivity index is 1.65. The van der Waals surface area contributed by atoms with Crippen LogP contribution in [0.3, 0.4) is 0 Å². The number of aliphatic hydroxyl groups is 1. The average molecular weight is 486 g/mol. The molecular formula is C22H27N7O6. The maximum absolute atomic E-state index is 12.8. The molecule has 13 heteroatoms. The van der Waals surface area contributed by atoms with Gasteiger partial charge in [-0.3, -0.25) is 14.4 Å². The molecule has 0 aliphatic rings. The number of para-hydroxylation sites is 1. The molecule has 186 valence electrons. The van der Waals surface area contributed by atoms with Gasteiger partial charge < -0.3 is 41.9 Å². The number of H-pyrrole nitrogens is 2. The molecule has 2 aromatic heterocycles. The van der Waals surface area contributed by atoms with E-state index in [-0.39, 0.29) is 12.8 Å². The fourth-order valence-electron chi connectivity index (χ4n) is 3.46. The number of aromatic amines is 2. The van der Waals surface area contributed by atoms with Crippen molar-refractivity contribution in [2.75, 3.05) is 13.2 Å². The Morgan fingerprint density at radius 1 is 1.03 bits per heavy atom. The summed E-state index contributed by atoms with van der Waals surface area (Å²) in [5.41, 5.74) is 8.04. The van der Waals surface area contributed by atoms with Crippen molar-refractivity contribution in [1.29, 1.82) is 0 Å². The summed E-state index contributed by atoms with van der Waals surface area (Å²) in [7, 11) is 0. The van der Waals surface area contributed by atoms with Gasteiger partial charge in [0.15, 0.2) is 0 Å². The molecule has 3 aromatic rings. The minimum Gasteiger partial charge on any atom is -0.480 e. The number of aliphatic hydroxyl groups excluding tert-OH is 1. The average Bonchev–Trinajstić information content (AvgIpc) is 3.50. The SMILES string of the molecule is NC(Cc1cnc[nH]1)C(=O)NCC(=O)NC(Cc1c[nH]c2ccccc12)C(=O)NC(CO)C(=O)O. The molecule has 0 saturated heterocycles. The molecule has 0 aliphatic heterocycles. The third kappa shape index (κ3) is 6.88. The Labute approximate surface area is 199 Å². The fourth-order valence-corrected chi connectivity index (χ4v) is 3.46. The summed E-state index contributed by atoms with van der Waals surface area (Å²) in [6, 6.07) is 3.72. The summed E-state index contributed by atoms with van der Waals surface area (Å²) in [5, 5.41) is 26.4. The van der Waals surface area contributed by atoms with Gasteiger partial charge in [0.05, 0.1) is 25.5 Å². The molecule has 35 heavy (non-hydrogen) atoms. The van der Waals surface area contributed by atoms with E-state index in [0.29, 0.717) is 11.3 Å². The molecule has 3 atom stereocenters. The highest BCUT2D eigenvalue weighted by Crippen LogP contribution is 2.19. The Morgan fingerprint density at radius 2 is 1.80 bits per heavy atom. The van der Waals surface area contributed by atoms with Gasteiger partial charge in [0.1, 0.15) is 12.1 Å². The molecule has 0 saturated carbocycles. The first kappa shape index (κ1) is 25.4. The number of rotatable bonds is 12. The van der Waals surface area contributed by atoms with Crippen LogP contribution in [0.15, 0.2) is 43.0 Å². The molecular weight excluding hydrogens is 458 g/mol. The fraction of sp³-hybridized carbons (Fsp3) is 0.318. The normalized spacial score (nSPS) is 13.5. The van der Waals surface area contributed by atoms with Gasteiger partial charge in [0.2, 0.25) is 17.7 Å². The van der Waals surface area contributed by atoms with Crippen molar-refractivity contribution in [3.8, 4) is 0 Å². The second-order valence-electron chi connectivity index (χ2n) is 7.87. The van der Waals surface area contributed by atoms with Crippen LogP contribution in [0.4, 0.5) is 0 Å². The molecule has 0 radical (unpaired) electrons. The van der Waals surface area contributed by atoms with Crippen LogP contribution in [0.1, 0.15) is 11.3 Å². The maximum atomic E-state index is 12.8. The largest absolute Gasteiger partial charge is 0.480 e. The molecule has 3 unspecified atom stereocenters. The van der Waals surface area contributed by atoms with E-state index >= 15 is 0 Å². The number of nitrogens with two attached hydrogens (primary N) is 1. The number of benzene rings is 1. The topological polar surface area (TPSA) is 215 Å². The summed E-state index contributed by atoms with van der Waals surface area (Å²) in [6.45, 7) is -1.27. The van der Waals surface area contributed by atoms with E-state index in [1.54, 1.807) is 6.20 Å². The van der Waals surface area contributed by atoms with Crippen molar-refractivity contribution in [1.82, 2.24) is 30.9 Å². The van der Waals surface area contributed by atoms with Gasteiger partial charge in [0, 0.05) is 41.8 Å². The number of hydrogen-bond acceptors (Lipinski definition) is 7. The molecule has 3 rings (SSSR count). The number of amides is 3. The van der Waals surface area contributed by atoms with Crippen LogP contribution in [0.25, 0.3) is 10.9 Å². The highest BCUT2D eigenvalue weighted by Gasteiger charge is 2.27. The number of aliphatic carboxylic acids is 1. The Bertz CT molecular complexity index is 1180. The number of imidazole rings is 1. The van der Waals surface area contributed by atoms with Gasteiger partial charge in [-0.2, -0.15) is 0 Å². The van der Waals surface area contributed by atoms with E-state index < -0.39 is 55.0 Å². The van der Waals surface area contributed by atoms with E-state index in [2.05, 4.69) is 30.9 Å². The first-order valence-electron chi connectivity index (χ1n) is 10.8. The number of carboxylic acids is 1. The van der Waals surface area contributed by atoms with Gasteiger partial charge in [-0.15, -0.1) is 0 Å². The van der Waals surface area contributed by atoms with Crippen LogP contribution in [-0.2, 0) is 32.0 Å². The van der Waals surface area contributed by atoms with Crippen LogP contribution >= 0.6 is 0 Å². The van der Waals surface area contributed by atoms with Crippen LogP contribution in [0.5, 0.6) is 0 Å². The quantitative estimate of drug-likeness (QED) is 0.146. The summed E-state index contributed by atoms with van der Waals surface area (Å²) in [4.78, 5) is 58.6. The number of nitrogens with zero attached hydrogens (tertiary/aromatic N) is 1. The molecule has 0 spiro atoms. The zero-order chi connectivity index (χ0) is 25.4. The predicted molar refractivity (Wildman–Crippen MR) is 124 cm³/mol. The second kappa shape index (κ2) is 11.8. The standard InChI is InChI=1S/C22H27N7O6/c23-15(6-13-8-24-11-27-13)20(32)26-9-19(31)28-17(21(33)29-18(10-30)22(34)35)5-12-7-25-16-4-2-1-3-14(12)16/h1-4,7-8,11,15,17-18,25,30H,5-6,9-10,23H2,(H,24,27)(H,26,32)(H,28,31)(H,29,33)(H,34,35). The van der Waals surface area contributed by atoms with Gasteiger partial charge in [-0.25, -0.2) is 9.78 Å². The highest BCUT2D eigenvalue weighted by molar-refractivity contribution is 5.93. The lowest BCUT2D eigenvalue weighted by Gasteiger charge is -2.21. The number of carboxylic acid groups (broad SMARTS) is 1. The van der Waals surface area contributed by atoms with Crippen molar-refractivity contribution in [2.24, 2.45) is 5.73 Å². The van der Waals surface area contributed by atoms with E-state index in [1.165, 1.54) is 12.5 Å². The smallest absolute Gasteiger partial charge is 0.328 e. The lowest BCUT2D eigenvalue weighted by Crippen LogP contribution is -2.55. The Morgan fingerprint density at radius 3 is 2.49 bits per heavy atom. The van der Waals surface area contributed by atoms with Crippen LogP contribution in [0, 0.1) is 0 Å².